The van der Waals surface area contributed by atoms with E-state index in [0.29, 0.717) is 0 Å². The first-order valence-electron chi connectivity index (χ1n) is 7.45. The van der Waals surface area contributed by atoms with Gasteiger partial charge in [0.25, 0.3) is 0 Å². The van der Waals surface area contributed by atoms with Crippen molar-refractivity contribution in [3.63, 3.8) is 0 Å². The highest BCUT2D eigenvalue weighted by atomic mass is 79.9. The highest BCUT2D eigenvalue weighted by Gasteiger charge is 2.32. The van der Waals surface area contributed by atoms with Crippen molar-refractivity contribution >= 4 is 15.9 Å². The zero-order valence-corrected chi connectivity index (χ0v) is 13.2. The van der Waals surface area contributed by atoms with Crippen molar-refractivity contribution < 1.29 is 0 Å². The Bertz CT molecular complexity index is 446. The molecular weight excluding hydrogens is 300 g/mol. The molecule has 0 radical (unpaired) electrons. The lowest BCUT2D eigenvalue weighted by Crippen LogP contribution is -2.45. The van der Waals surface area contributed by atoms with E-state index in [9.17, 15) is 0 Å². The van der Waals surface area contributed by atoms with Gasteiger partial charge in [-0.2, -0.15) is 0 Å². The fourth-order valence-electron chi connectivity index (χ4n) is 3.78. The Labute approximate surface area is 124 Å². The third-order valence-electron chi connectivity index (χ3n) is 4.70. The standard InChI is InChI=1S/C16H23BrN2/c1-18-11-16-3-2-8-19(16)15-7-5-12-9-14(17)6-4-13(12)10-15/h4,6,9,15-16,18H,2-3,5,7-8,10-11H2,1H3. The molecule has 2 atom stereocenters. The average molecular weight is 323 g/mol. The van der Waals surface area contributed by atoms with Gasteiger partial charge in [-0.05, 0) is 69.0 Å². The fourth-order valence-corrected chi connectivity index (χ4v) is 4.19. The van der Waals surface area contributed by atoms with Crippen LogP contribution in [0.2, 0.25) is 0 Å². The minimum Gasteiger partial charge on any atom is -0.318 e. The largest absolute Gasteiger partial charge is 0.318 e. The van der Waals surface area contributed by atoms with Crippen molar-refractivity contribution in [2.45, 2.75) is 44.2 Å². The normalized spacial score (nSPS) is 27.5. The summed E-state index contributed by atoms with van der Waals surface area (Å²) in [6.07, 6.45) is 6.54. The number of rotatable bonds is 3. The van der Waals surface area contributed by atoms with E-state index >= 15 is 0 Å². The van der Waals surface area contributed by atoms with Gasteiger partial charge < -0.3 is 5.32 Å². The zero-order chi connectivity index (χ0) is 13.2. The Balaban J connectivity index is 1.73. The van der Waals surface area contributed by atoms with Crippen LogP contribution in [0.15, 0.2) is 22.7 Å². The van der Waals surface area contributed by atoms with Crippen molar-refractivity contribution in [1.82, 2.24) is 10.2 Å². The van der Waals surface area contributed by atoms with E-state index in [0.717, 1.165) is 18.6 Å². The van der Waals surface area contributed by atoms with Crippen LogP contribution in [0.5, 0.6) is 0 Å². The summed E-state index contributed by atoms with van der Waals surface area (Å²) in [4.78, 5) is 2.77. The summed E-state index contributed by atoms with van der Waals surface area (Å²) < 4.78 is 1.22. The average Bonchev–Trinajstić information content (AvgIpc) is 2.87. The lowest BCUT2D eigenvalue weighted by molar-refractivity contribution is 0.163. The molecule has 0 saturated carbocycles. The highest BCUT2D eigenvalue weighted by Crippen LogP contribution is 2.30. The molecular formula is C16H23BrN2. The number of likely N-dealkylation sites (tertiary alicyclic amines) is 1. The van der Waals surface area contributed by atoms with Crippen LogP contribution in [-0.4, -0.2) is 37.1 Å². The summed E-state index contributed by atoms with van der Waals surface area (Å²) in [5, 5.41) is 3.36. The number of halogens is 1. The van der Waals surface area contributed by atoms with Crippen LogP contribution in [0.4, 0.5) is 0 Å². The first-order chi connectivity index (χ1) is 9.28. The number of nitrogens with one attached hydrogen (secondary N) is 1. The molecule has 1 aromatic rings. The van der Waals surface area contributed by atoms with Crippen molar-refractivity contribution in [3.8, 4) is 0 Å². The number of fused-ring (bicyclic) bond motifs is 1. The molecule has 1 fully saturated rings. The van der Waals surface area contributed by atoms with E-state index in [1.54, 1.807) is 11.1 Å². The van der Waals surface area contributed by atoms with Gasteiger partial charge in [0.15, 0.2) is 0 Å². The van der Waals surface area contributed by atoms with Crippen LogP contribution in [-0.2, 0) is 12.8 Å². The van der Waals surface area contributed by atoms with Gasteiger partial charge in [0.1, 0.15) is 0 Å². The van der Waals surface area contributed by atoms with E-state index in [2.05, 4.69) is 51.4 Å². The smallest absolute Gasteiger partial charge is 0.0224 e. The van der Waals surface area contributed by atoms with E-state index in [1.165, 1.54) is 43.1 Å². The first kappa shape index (κ1) is 13.6. The molecule has 2 nitrogen and oxygen atoms in total. The summed E-state index contributed by atoms with van der Waals surface area (Å²) in [5.74, 6) is 0. The van der Waals surface area contributed by atoms with Crippen LogP contribution >= 0.6 is 15.9 Å². The SMILES string of the molecule is CNCC1CCCN1C1CCc2cc(Br)ccc2C1. The zero-order valence-electron chi connectivity index (χ0n) is 11.7. The van der Waals surface area contributed by atoms with Crippen molar-refractivity contribution in [2.75, 3.05) is 20.1 Å². The third kappa shape index (κ3) is 2.88. The lowest BCUT2D eigenvalue weighted by Gasteiger charge is -2.36. The predicted octanol–water partition coefficient (Wildman–Crippen LogP) is 2.99. The molecule has 104 valence electrons. The molecule has 2 unspecified atom stereocenters. The molecule has 1 aliphatic heterocycles. The second-order valence-electron chi connectivity index (χ2n) is 5.90. The summed E-state index contributed by atoms with van der Waals surface area (Å²) >= 11 is 3.58. The second-order valence-corrected chi connectivity index (χ2v) is 6.82. The number of nitrogens with zero attached hydrogens (tertiary/aromatic N) is 1. The topological polar surface area (TPSA) is 15.3 Å². The summed E-state index contributed by atoms with van der Waals surface area (Å²) in [6, 6.07) is 8.33. The molecule has 2 aliphatic rings. The van der Waals surface area contributed by atoms with Crippen LogP contribution in [0, 0.1) is 0 Å². The predicted molar refractivity (Wildman–Crippen MR) is 83.6 cm³/mol. The quantitative estimate of drug-likeness (QED) is 0.920. The van der Waals surface area contributed by atoms with Crippen molar-refractivity contribution in [3.05, 3.63) is 33.8 Å². The molecule has 1 N–H and O–H groups in total. The minimum absolute atomic E-state index is 0.756. The van der Waals surface area contributed by atoms with Gasteiger partial charge in [-0.1, -0.05) is 22.0 Å². The van der Waals surface area contributed by atoms with Gasteiger partial charge in [0.2, 0.25) is 0 Å². The maximum Gasteiger partial charge on any atom is 0.0224 e. The van der Waals surface area contributed by atoms with Gasteiger partial charge in [-0.25, -0.2) is 0 Å². The monoisotopic (exact) mass is 322 g/mol. The molecule has 0 aromatic heterocycles. The van der Waals surface area contributed by atoms with Crippen LogP contribution < -0.4 is 5.32 Å². The molecule has 1 heterocycles. The molecule has 1 aromatic carbocycles. The highest BCUT2D eigenvalue weighted by molar-refractivity contribution is 9.10. The van der Waals surface area contributed by atoms with Gasteiger partial charge in [-0.3, -0.25) is 4.90 Å². The molecule has 0 amide bonds. The second kappa shape index (κ2) is 5.94. The van der Waals surface area contributed by atoms with Gasteiger partial charge in [0, 0.05) is 23.1 Å². The van der Waals surface area contributed by atoms with Crippen LogP contribution in [0.3, 0.4) is 0 Å². The van der Waals surface area contributed by atoms with Crippen molar-refractivity contribution in [1.29, 1.82) is 0 Å². The Morgan fingerprint density at radius 3 is 3.05 bits per heavy atom. The van der Waals surface area contributed by atoms with Crippen molar-refractivity contribution in [2.24, 2.45) is 0 Å². The minimum atomic E-state index is 0.756. The van der Waals surface area contributed by atoms with E-state index in [1.807, 2.05) is 0 Å². The van der Waals surface area contributed by atoms with Crippen LogP contribution in [0.25, 0.3) is 0 Å². The van der Waals surface area contributed by atoms with Gasteiger partial charge >= 0.3 is 0 Å². The summed E-state index contributed by atoms with van der Waals surface area (Å²) in [5.41, 5.74) is 3.12. The molecule has 1 aliphatic carbocycles. The summed E-state index contributed by atoms with van der Waals surface area (Å²) in [7, 11) is 2.07. The Morgan fingerprint density at radius 1 is 1.32 bits per heavy atom. The van der Waals surface area contributed by atoms with E-state index < -0.39 is 0 Å². The van der Waals surface area contributed by atoms with E-state index in [-0.39, 0.29) is 0 Å². The Kier molecular flexibility index (Phi) is 4.25. The molecule has 0 bridgehead atoms. The number of hydrogen-bond acceptors (Lipinski definition) is 2. The van der Waals surface area contributed by atoms with Crippen LogP contribution in [0.1, 0.15) is 30.4 Å². The number of aryl methyl sites for hydroxylation is 1. The molecule has 3 rings (SSSR count). The number of benzene rings is 1. The first-order valence-corrected chi connectivity index (χ1v) is 8.25. The number of hydrogen-bond donors (Lipinski definition) is 1. The molecule has 0 spiro atoms. The Morgan fingerprint density at radius 2 is 2.21 bits per heavy atom. The summed E-state index contributed by atoms with van der Waals surface area (Å²) in [6.45, 7) is 2.44. The molecule has 19 heavy (non-hydrogen) atoms. The Hall–Kier alpha value is -0.380. The van der Waals surface area contributed by atoms with Gasteiger partial charge in [0.05, 0.1) is 0 Å². The molecule has 3 heteroatoms. The maximum absolute atomic E-state index is 3.58. The lowest BCUT2D eigenvalue weighted by atomic mass is 9.87. The van der Waals surface area contributed by atoms with E-state index in [4.69, 9.17) is 0 Å². The van der Waals surface area contributed by atoms with Gasteiger partial charge in [-0.15, -0.1) is 0 Å². The fraction of sp³-hybridized carbons (Fsp3) is 0.625. The number of likely N-dealkylation sites (N-methyl/N-ethyl adjacent to an activating group) is 1. The maximum atomic E-state index is 3.58. The third-order valence-corrected chi connectivity index (χ3v) is 5.20. The molecule has 1 saturated heterocycles.